The number of halogens is 1. The monoisotopic (exact) mass is 336 g/mol. The van der Waals surface area contributed by atoms with E-state index in [4.69, 9.17) is 11.6 Å². The van der Waals surface area contributed by atoms with Gasteiger partial charge >= 0.3 is 0 Å². The van der Waals surface area contributed by atoms with Gasteiger partial charge in [-0.3, -0.25) is 4.79 Å². The quantitative estimate of drug-likeness (QED) is 0.823. The van der Waals surface area contributed by atoms with Crippen molar-refractivity contribution in [3.63, 3.8) is 0 Å². The van der Waals surface area contributed by atoms with Gasteiger partial charge in [-0.15, -0.1) is 10.2 Å². The SMILES string of the molecule is CC(NC(=O)CSc1nncn1C1CC1)c1ccccc1Cl. The first kappa shape index (κ1) is 15.4. The molecule has 0 radical (unpaired) electrons. The van der Waals surface area contributed by atoms with E-state index in [-0.39, 0.29) is 11.9 Å². The van der Waals surface area contributed by atoms with E-state index in [2.05, 4.69) is 20.1 Å². The van der Waals surface area contributed by atoms with Gasteiger partial charge in [-0.05, 0) is 31.4 Å². The summed E-state index contributed by atoms with van der Waals surface area (Å²) in [6, 6.07) is 7.93. The molecule has 1 atom stereocenters. The second kappa shape index (κ2) is 6.71. The number of rotatable bonds is 6. The average Bonchev–Trinajstić information content (AvgIpc) is 3.24. The van der Waals surface area contributed by atoms with E-state index in [1.54, 1.807) is 6.33 Å². The van der Waals surface area contributed by atoms with Crippen LogP contribution in [0.2, 0.25) is 5.02 Å². The van der Waals surface area contributed by atoms with Crippen molar-refractivity contribution in [1.29, 1.82) is 0 Å². The van der Waals surface area contributed by atoms with E-state index < -0.39 is 0 Å². The molecule has 1 aromatic heterocycles. The highest BCUT2D eigenvalue weighted by atomic mass is 35.5. The Balaban J connectivity index is 1.54. The van der Waals surface area contributed by atoms with E-state index in [1.807, 2.05) is 31.2 Å². The number of amides is 1. The minimum atomic E-state index is -0.122. The van der Waals surface area contributed by atoms with Crippen molar-refractivity contribution in [3.05, 3.63) is 41.2 Å². The van der Waals surface area contributed by atoms with Crippen LogP contribution < -0.4 is 5.32 Å². The Hall–Kier alpha value is -1.53. The maximum atomic E-state index is 12.1. The van der Waals surface area contributed by atoms with E-state index >= 15 is 0 Å². The predicted octanol–water partition coefficient (Wildman–Crippen LogP) is 3.24. The van der Waals surface area contributed by atoms with Crippen LogP contribution in [0.4, 0.5) is 0 Å². The Morgan fingerprint density at radius 1 is 1.50 bits per heavy atom. The standard InChI is InChI=1S/C15H17ClN4OS/c1-10(12-4-2-3-5-13(12)16)18-14(21)8-22-15-19-17-9-20(15)11-6-7-11/h2-5,9-11H,6-8H2,1H3,(H,18,21). The topological polar surface area (TPSA) is 59.8 Å². The zero-order valence-corrected chi connectivity index (χ0v) is 13.8. The predicted molar refractivity (Wildman–Crippen MR) is 87.0 cm³/mol. The molecule has 1 amide bonds. The van der Waals surface area contributed by atoms with Crippen molar-refractivity contribution in [2.45, 2.75) is 37.0 Å². The van der Waals surface area contributed by atoms with Crippen LogP contribution in [0.1, 0.15) is 37.4 Å². The van der Waals surface area contributed by atoms with Gasteiger partial charge in [0.05, 0.1) is 11.8 Å². The van der Waals surface area contributed by atoms with Gasteiger partial charge in [-0.25, -0.2) is 0 Å². The summed E-state index contributed by atoms with van der Waals surface area (Å²) in [4.78, 5) is 12.1. The molecule has 116 valence electrons. The summed E-state index contributed by atoms with van der Waals surface area (Å²) in [5.41, 5.74) is 0.920. The van der Waals surface area contributed by atoms with Crippen molar-refractivity contribution < 1.29 is 4.79 Å². The van der Waals surface area contributed by atoms with Crippen LogP contribution in [-0.4, -0.2) is 26.4 Å². The molecule has 1 aliphatic rings. The lowest BCUT2D eigenvalue weighted by Gasteiger charge is -2.15. The molecule has 1 N–H and O–H groups in total. The summed E-state index contributed by atoms with van der Waals surface area (Å²) in [6.07, 6.45) is 4.08. The highest BCUT2D eigenvalue weighted by Gasteiger charge is 2.26. The summed E-state index contributed by atoms with van der Waals surface area (Å²) >= 11 is 7.56. The fourth-order valence-corrected chi connectivity index (χ4v) is 3.35. The molecular formula is C15H17ClN4OS. The first-order valence-electron chi connectivity index (χ1n) is 7.21. The van der Waals surface area contributed by atoms with Gasteiger partial charge in [0.25, 0.3) is 0 Å². The van der Waals surface area contributed by atoms with E-state index in [0.29, 0.717) is 16.8 Å². The minimum absolute atomic E-state index is 0.0391. The summed E-state index contributed by atoms with van der Waals surface area (Å²) < 4.78 is 2.05. The van der Waals surface area contributed by atoms with Gasteiger partial charge in [0.15, 0.2) is 5.16 Å². The molecule has 5 nitrogen and oxygen atoms in total. The van der Waals surface area contributed by atoms with Crippen LogP contribution in [-0.2, 0) is 4.79 Å². The Morgan fingerprint density at radius 2 is 2.27 bits per heavy atom. The van der Waals surface area contributed by atoms with Gasteiger partial charge in [0, 0.05) is 11.1 Å². The van der Waals surface area contributed by atoms with Gasteiger partial charge in [-0.1, -0.05) is 41.6 Å². The highest BCUT2D eigenvalue weighted by Crippen LogP contribution is 2.37. The smallest absolute Gasteiger partial charge is 0.230 e. The first-order chi connectivity index (χ1) is 10.6. The van der Waals surface area contributed by atoms with Crippen LogP contribution >= 0.6 is 23.4 Å². The molecule has 1 heterocycles. The van der Waals surface area contributed by atoms with Gasteiger partial charge in [0.1, 0.15) is 6.33 Å². The van der Waals surface area contributed by atoms with E-state index in [9.17, 15) is 4.79 Å². The molecule has 0 bridgehead atoms. The number of nitrogens with one attached hydrogen (secondary N) is 1. The van der Waals surface area contributed by atoms with Crippen LogP contribution in [0.15, 0.2) is 35.7 Å². The highest BCUT2D eigenvalue weighted by molar-refractivity contribution is 7.99. The van der Waals surface area contributed by atoms with Crippen molar-refractivity contribution in [1.82, 2.24) is 20.1 Å². The number of nitrogens with zero attached hydrogens (tertiary/aromatic N) is 3. The molecule has 1 unspecified atom stereocenters. The number of aromatic nitrogens is 3. The third kappa shape index (κ3) is 3.62. The zero-order valence-electron chi connectivity index (χ0n) is 12.2. The van der Waals surface area contributed by atoms with Crippen molar-refractivity contribution in [3.8, 4) is 0 Å². The molecule has 7 heteroatoms. The molecule has 0 aliphatic heterocycles. The first-order valence-corrected chi connectivity index (χ1v) is 8.57. The third-order valence-electron chi connectivity index (χ3n) is 3.56. The number of carbonyl (C=O) groups excluding carboxylic acids is 1. The lowest BCUT2D eigenvalue weighted by molar-refractivity contribution is -0.119. The second-order valence-corrected chi connectivity index (χ2v) is 6.70. The third-order valence-corrected chi connectivity index (χ3v) is 4.86. The number of benzene rings is 1. The maximum Gasteiger partial charge on any atom is 0.230 e. The van der Waals surface area contributed by atoms with Crippen LogP contribution in [0.5, 0.6) is 0 Å². The lowest BCUT2D eigenvalue weighted by Crippen LogP contribution is -2.28. The van der Waals surface area contributed by atoms with Crippen LogP contribution in [0.3, 0.4) is 0 Å². The van der Waals surface area contributed by atoms with Crippen molar-refractivity contribution in [2.75, 3.05) is 5.75 Å². The van der Waals surface area contributed by atoms with E-state index in [1.165, 1.54) is 24.6 Å². The lowest BCUT2D eigenvalue weighted by atomic mass is 10.1. The average molecular weight is 337 g/mol. The number of hydrogen-bond donors (Lipinski definition) is 1. The Morgan fingerprint density at radius 3 is 3.00 bits per heavy atom. The number of hydrogen-bond acceptors (Lipinski definition) is 4. The van der Waals surface area contributed by atoms with Gasteiger partial charge < -0.3 is 9.88 Å². The number of thioether (sulfide) groups is 1. The number of carbonyl (C=O) groups is 1. The van der Waals surface area contributed by atoms with E-state index in [0.717, 1.165) is 10.7 Å². The van der Waals surface area contributed by atoms with Gasteiger partial charge in [-0.2, -0.15) is 0 Å². The Bertz CT molecular complexity index is 671. The fraction of sp³-hybridized carbons (Fsp3) is 0.400. The zero-order chi connectivity index (χ0) is 15.5. The summed E-state index contributed by atoms with van der Waals surface area (Å²) in [5.74, 6) is 0.281. The van der Waals surface area contributed by atoms with Gasteiger partial charge in [0.2, 0.25) is 5.91 Å². The van der Waals surface area contributed by atoms with Crippen molar-refractivity contribution >= 4 is 29.3 Å². The van der Waals surface area contributed by atoms with Crippen LogP contribution in [0, 0.1) is 0 Å². The minimum Gasteiger partial charge on any atom is -0.349 e. The molecule has 1 saturated carbocycles. The molecule has 1 aliphatic carbocycles. The van der Waals surface area contributed by atoms with Crippen molar-refractivity contribution in [2.24, 2.45) is 0 Å². The molecule has 0 saturated heterocycles. The molecule has 3 rings (SSSR count). The molecule has 1 aromatic carbocycles. The second-order valence-electron chi connectivity index (χ2n) is 5.35. The normalized spacial score (nSPS) is 15.5. The molecular weight excluding hydrogens is 320 g/mol. The largest absolute Gasteiger partial charge is 0.349 e. The Kier molecular flexibility index (Phi) is 4.69. The molecule has 0 spiro atoms. The summed E-state index contributed by atoms with van der Waals surface area (Å²) in [7, 11) is 0. The maximum absolute atomic E-state index is 12.1. The Labute approximate surface area is 138 Å². The fourth-order valence-electron chi connectivity index (χ4n) is 2.26. The summed E-state index contributed by atoms with van der Waals surface area (Å²) in [6.45, 7) is 1.93. The van der Waals surface area contributed by atoms with Crippen LogP contribution in [0.25, 0.3) is 0 Å². The molecule has 2 aromatic rings. The summed E-state index contributed by atoms with van der Waals surface area (Å²) in [5, 5.41) is 12.4. The molecule has 22 heavy (non-hydrogen) atoms. The molecule has 1 fully saturated rings.